The molecule has 19 heavy (non-hydrogen) atoms. The number of anilines is 1. The van der Waals surface area contributed by atoms with Gasteiger partial charge in [-0.3, -0.25) is 9.59 Å². The number of benzene rings is 2. The standard InChI is InChI=1S/C15H10ClNO2/c1-9-5-6-10-11(3-2-4-12(10)16)15(9)17-13(18)7-8-14(17)19/h2-8H,1H3. The van der Waals surface area contributed by atoms with Gasteiger partial charge in [-0.2, -0.15) is 0 Å². The highest BCUT2D eigenvalue weighted by molar-refractivity contribution is 6.37. The van der Waals surface area contributed by atoms with Crippen LogP contribution in [0.15, 0.2) is 42.5 Å². The topological polar surface area (TPSA) is 37.4 Å². The summed E-state index contributed by atoms with van der Waals surface area (Å²) in [6.45, 7) is 1.87. The second-order valence-electron chi connectivity index (χ2n) is 4.41. The van der Waals surface area contributed by atoms with Gasteiger partial charge in [0.1, 0.15) is 0 Å². The van der Waals surface area contributed by atoms with Crippen LogP contribution in [-0.4, -0.2) is 11.8 Å². The van der Waals surface area contributed by atoms with Gasteiger partial charge in [-0.25, -0.2) is 4.90 Å². The van der Waals surface area contributed by atoms with E-state index in [2.05, 4.69) is 0 Å². The van der Waals surface area contributed by atoms with Crippen molar-refractivity contribution in [2.75, 3.05) is 4.90 Å². The summed E-state index contributed by atoms with van der Waals surface area (Å²) in [6.07, 6.45) is 2.57. The second kappa shape index (κ2) is 4.21. The minimum atomic E-state index is -0.319. The van der Waals surface area contributed by atoms with E-state index in [1.165, 1.54) is 17.1 Å². The van der Waals surface area contributed by atoms with Crippen LogP contribution in [0.2, 0.25) is 5.02 Å². The van der Waals surface area contributed by atoms with Crippen molar-refractivity contribution in [2.45, 2.75) is 6.92 Å². The number of nitrogens with zero attached hydrogens (tertiary/aromatic N) is 1. The third-order valence-corrected chi connectivity index (χ3v) is 3.54. The zero-order chi connectivity index (χ0) is 13.6. The number of aryl methyl sites for hydroxylation is 1. The minimum absolute atomic E-state index is 0.319. The first-order valence-corrected chi connectivity index (χ1v) is 6.21. The molecule has 0 aromatic heterocycles. The van der Waals surface area contributed by atoms with Crippen LogP contribution in [0.25, 0.3) is 10.8 Å². The third kappa shape index (κ3) is 1.74. The molecule has 0 spiro atoms. The van der Waals surface area contributed by atoms with Crippen LogP contribution in [0.4, 0.5) is 5.69 Å². The van der Waals surface area contributed by atoms with Gasteiger partial charge in [0.05, 0.1) is 5.69 Å². The average molecular weight is 272 g/mol. The highest BCUT2D eigenvalue weighted by Crippen LogP contribution is 2.35. The summed E-state index contributed by atoms with van der Waals surface area (Å²) in [4.78, 5) is 24.9. The fraction of sp³-hybridized carbons (Fsp3) is 0.0667. The van der Waals surface area contributed by atoms with Gasteiger partial charge < -0.3 is 0 Å². The Morgan fingerprint density at radius 3 is 2.32 bits per heavy atom. The molecule has 2 aromatic carbocycles. The molecular formula is C15H10ClNO2. The van der Waals surface area contributed by atoms with E-state index in [0.29, 0.717) is 10.7 Å². The maximum absolute atomic E-state index is 11.9. The first-order chi connectivity index (χ1) is 9.09. The van der Waals surface area contributed by atoms with Gasteiger partial charge >= 0.3 is 0 Å². The van der Waals surface area contributed by atoms with Gasteiger partial charge in [-0.1, -0.05) is 35.9 Å². The molecule has 3 nitrogen and oxygen atoms in total. The summed E-state index contributed by atoms with van der Waals surface area (Å²) < 4.78 is 0. The van der Waals surface area contributed by atoms with Gasteiger partial charge in [0.2, 0.25) is 0 Å². The summed E-state index contributed by atoms with van der Waals surface area (Å²) in [7, 11) is 0. The van der Waals surface area contributed by atoms with Gasteiger partial charge in [-0.15, -0.1) is 0 Å². The van der Waals surface area contributed by atoms with E-state index in [0.717, 1.165) is 16.3 Å². The van der Waals surface area contributed by atoms with Crippen LogP contribution in [0.3, 0.4) is 0 Å². The molecule has 0 radical (unpaired) electrons. The lowest BCUT2D eigenvalue weighted by molar-refractivity contribution is -0.119. The smallest absolute Gasteiger partial charge is 0.258 e. The van der Waals surface area contributed by atoms with E-state index in [4.69, 9.17) is 11.6 Å². The van der Waals surface area contributed by atoms with E-state index in [1.807, 2.05) is 31.2 Å². The molecular weight excluding hydrogens is 262 g/mol. The van der Waals surface area contributed by atoms with Gasteiger partial charge in [0.15, 0.2) is 0 Å². The second-order valence-corrected chi connectivity index (χ2v) is 4.82. The first-order valence-electron chi connectivity index (χ1n) is 5.83. The molecule has 1 heterocycles. The van der Waals surface area contributed by atoms with E-state index < -0.39 is 0 Å². The Kier molecular flexibility index (Phi) is 2.64. The molecule has 0 fully saturated rings. The Balaban J connectivity index is 2.34. The zero-order valence-electron chi connectivity index (χ0n) is 10.2. The summed E-state index contributed by atoms with van der Waals surface area (Å²) >= 11 is 6.16. The predicted molar refractivity (Wildman–Crippen MR) is 75.3 cm³/mol. The molecule has 0 N–H and O–H groups in total. The van der Waals surface area contributed by atoms with E-state index in [-0.39, 0.29) is 11.8 Å². The van der Waals surface area contributed by atoms with E-state index in [9.17, 15) is 9.59 Å². The number of amides is 2. The maximum atomic E-state index is 11.9. The third-order valence-electron chi connectivity index (χ3n) is 3.21. The molecule has 1 aliphatic rings. The molecule has 0 saturated heterocycles. The number of imide groups is 1. The lowest BCUT2D eigenvalue weighted by atomic mass is 10.0. The lowest BCUT2D eigenvalue weighted by Gasteiger charge is -2.19. The summed E-state index contributed by atoms with van der Waals surface area (Å²) in [6, 6.07) is 9.22. The number of hydrogen-bond donors (Lipinski definition) is 0. The number of fused-ring (bicyclic) bond motifs is 1. The lowest BCUT2D eigenvalue weighted by Crippen LogP contribution is -2.30. The Morgan fingerprint density at radius 2 is 1.63 bits per heavy atom. The monoisotopic (exact) mass is 271 g/mol. The van der Waals surface area contributed by atoms with Crippen molar-refractivity contribution in [3.8, 4) is 0 Å². The molecule has 3 rings (SSSR count). The van der Waals surface area contributed by atoms with Crippen LogP contribution >= 0.6 is 11.6 Å². The SMILES string of the molecule is Cc1ccc2c(Cl)cccc2c1N1C(=O)C=CC1=O. The highest BCUT2D eigenvalue weighted by Gasteiger charge is 2.28. The Hall–Kier alpha value is -2.13. The fourth-order valence-electron chi connectivity index (χ4n) is 2.33. The molecule has 94 valence electrons. The van der Waals surface area contributed by atoms with Gasteiger partial charge in [-0.05, 0) is 18.6 Å². The van der Waals surface area contributed by atoms with E-state index >= 15 is 0 Å². The average Bonchev–Trinajstić information content (AvgIpc) is 2.70. The normalized spacial score (nSPS) is 14.7. The number of halogens is 1. The summed E-state index contributed by atoms with van der Waals surface area (Å²) in [5.74, 6) is -0.638. The van der Waals surface area contributed by atoms with Gasteiger partial charge in [0.25, 0.3) is 11.8 Å². The summed E-state index contributed by atoms with van der Waals surface area (Å²) in [5.41, 5.74) is 1.47. The van der Waals surface area contributed by atoms with E-state index in [1.54, 1.807) is 6.07 Å². The number of rotatable bonds is 1. The number of carbonyl (C=O) groups is 2. The molecule has 1 aliphatic heterocycles. The van der Waals surface area contributed by atoms with Crippen molar-refractivity contribution in [3.63, 3.8) is 0 Å². The van der Waals surface area contributed by atoms with Crippen molar-refractivity contribution < 1.29 is 9.59 Å². The Labute approximate surface area is 115 Å². The Bertz CT molecular complexity index is 731. The molecule has 0 atom stereocenters. The van der Waals surface area contributed by atoms with Crippen LogP contribution in [-0.2, 0) is 9.59 Å². The largest absolute Gasteiger partial charge is 0.269 e. The quantitative estimate of drug-likeness (QED) is 0.747. The van der Waals surface area contributed by atoms with Crippen molar-refractivity contribution in [1.82, 2.24) is 0 Å². The molecule has 2 aromatic rings. The van der Waals surface area contributed by atoms with Crippen molar-refractivity contribution >= 4 is 39.9 Å². The minimum Gasteiger partial charge on any atom is -0.269 e. The van der Waals surface area contributed by atoms with Crippen LogP contribution < -0.4 is 4.90 Å². The van der Waals surface area contributed by atoms with Crippen LogP contribution in [0, 0.1) is 6.92 Å². The van der Waals surface area contributed by atoms with Crippen molar-refractivity contribution in [3.05, 3.63) is 53.1 Å². The van der Waals surface area contributed by atoms with Crippen molar-refractivity contribution in [1.29, 1.82) is 0 Å². The zero-order valence-corrected chi connectivity index (χ0v) is 10.9. The fourth-order valence-corrected chi connectivity index (χ4v) is 2.57. The Morgan fingerprint density at radius 1 is 0.947 bits per heavy atom. The molecule has 0 unspecified atom stereocenters. The summed E-state index contributed by atoms with van der Waals surface area (Å²) in [5, 5.41) is 2.24. The first kappa shape index (κ1) is 11.9. The van der Waals surface area contributed by atoms with Crippen LogP contribution in [0.5, 0.6) is 0 Å². The molecule has 0 saturated carbocycles. The van der Waals surface area contributed by atoms with Crippen LogP contribution in [0.1, 0.15) is 5.56 Å². The molecule has 2 amide bonds. The molecule has 0 aliphatic carbocycles. The molecule has 0 bridgehead atoms. The number of hydrogen-bond acceptors (Lipinski definition) is 2. The maximum Gasteiger partial charge on any atom is 0.258 e. The van der Waals surface area contributed by atoms with Gasteiger partial charge in [0, 0.05) is 27.9 Å². The highest BCUT2D eigenvalue weighted by atomic mass is 35.5. The number of carbonyl (C=O) groups excluding carboxylic acids is 2. The van der Waals surface area contributed by atoms with Crippen molar-refractivity contribution in [2.24, 2.45) is 0 Å². The molecule has 4 heteroatoms. The predicted octanol–water partition coefficient (Wildman–Crippen LogP) is 3.23.